The predicted octanol–water partition coefficient (Wildman–Crippen LogP) is 5.27. The van der Waals surface area contributed by atoms with Crippen LogP contribution in [-0.4, -0.2) is 30.3 Å². The maximum atomic E-state index is 6.43. The van der Waals surface area contributed by atoms with Gasteiger partial charge in [-0.2, -0.15) is 0 Å². The summed E-state index contributed by atoms with van der Waals surface area (Å²) in [6.45, 7) is 4.27. The second-order valence-electron chi connectivity index (χ2n) is 7.79. The Morgan fingerprint density at radius 2 is 2.00 bits per heavy atom. The molecule has 2 unspecified atom stereocenters. The molecule has 1 aliphatic carbocycles. The maximum Gasteiger partial charge on any atom is 0.109 e. The Morgan fingerprint density at radius 3 is 2.74 bits per heavy atom. The van der Waals surface area contributed by atoms with Gasteiger partial charge in [0, 0.05) is 21.6 Å². The number of fused-ring (bicyclic) bond motifs is 2. The van der Waals surface area contributed by atoms with Crippen molar-refractivity contribution in [2.24, 2.45) is 5.92 Å². The molecule has 5 heteroatoms. The molecule has 2 aromatic rings. The van der Waals surface area contributed by atoms with Gasteiger partial charge in [0.1, 0.15) is 6.10 Å². The van der Waals surface area contributed by atoms with Crippen LogP contribution >= 0.6 is 27.5 Å². The number of rotatable bonds is 2. The third-order valence-corrected chi connectivity index (χ3v) is 6.72. The molecule has 0 saturated carbocycles. The molecule has 2 fully saturated rings. The van der Waals surface area contributed by atoms with E-state index in [9.17, 15) is 0 Å². The summed E-state index contributed by atoms with van der Waals surface area (Å²) >= 11 is 10.0. The molecular weight excluding hydrogens is 424 g/mol. The monoisotopic (exact) mass is 444 g/mol. The quantitative estimate of drug-likeness (QED) is 0.640. The van der Waals surface area contributed by atoms with Crippen molar-refractivity contribution in [2.75, 3.05) is 13.1 Å². The number of nitrogens with zero attached hydrogens (tertiary/aromatic N) is 1. The molecule has 3 atom stereocenters. The van der Waals surface area contributed by atoms with Crippen molar-refractivity contribution in [2.45, 2.75) is 37.9 Å². The summed E-state index contributed by atoms with van der Waals surface area (Å²) in [5, 5.41) is 4.27. The van der Waals surface area contributed by atoms with Gasteiger partial charge in [0.15, 0.2) is 0 Å². The third kappa shape index (κ3) is 3.27. The average Bonchev–Trinajstić information content (AvgIpc) is 3.41. The normalized spacial score (nSPS) is 27.4. The van der Waals surface area contributed by atoms with Gasteiger partial charge < -0.3 is 10.1 Å². The Kier molecular flexibility index (Phi) is 4.63. The molecule has 27 heavy (non-hydrogen) atoms. The number of hydrogen-bond donors (Lipinski definition) is 1. The van der Waals surface area contributed by atoms with Crippen molar-refractivity contribution < 1.29 is 4.74 Å². The first-order valence-electron chi connectivity index (χ1n) is 9.65. The molecule has 0 radical (unpaired) electrons. The molecule has 1 aromatic heterocycles. The van der Waals surface area contributed by atoms with E-state index >= 15 is 0 Å². The van der Waals surface area contributed by atoms with Gasteiger partial charge in [-0.25, -0.2) is 0 Å². The number of piperidine rings is 1. The van der Waals surface area contributed by atoms with Gasteiger partial charge in [-0.15, -0.1) is 0 Å². The summed E-state index contributed by atoms with van der Waals surface area (Å²) in [7, 11) is 0. The maximum absolute atomic E-state index is 6.43. The van der Waals surface area contributed by atoms with Crippen molar-refractivity contribution in [3.05, 3.63) is 62.3 Å². The number of halogens is 2. The van der Waals surface area contributed by atoms with E-state index in [1.807, 2.05) is 12.3 Å². The average molecular weight is 446 g/mol. The molecule has 0 spiro atoms. The van der Waals surface area contributed by atoms with Crippen molar-refractivity contribution >= 4 is 39.2 Å². The summed E-state index contributed by atoms with van der Waals surface area (Å²) in [5.74, 6) is 0.856. The van der Waals surface area contributed by atoms with Gasteiger partial charge in [-0.05, 0) is 101 Å². The summed E-state index contributed by atoms with van der Waals surface area (Å²) in [4.78, 5) is 4.90. The molecule has 1 N–H and O–H groups in total. The van der Waals surface area contributed by atoms with E-state index in [2.05, 4.69) is 52.4 Å². The van der Waals surface area contributed by atoms with E-state index in [-0.39, 0.29) is 18.1 Å². The van der Waals surface area contributed by atoms with Crippen molar-refractivity contribution in [3.8, 4) is 0 Å². The zero-order chi connectivity index (χ0) is 18.5. The van der Waals surface area contributed by atoms with Crippen molar-refractivity contribution in [1.82, 2.24) is 10.3 Å². The number of hydrogen-bond acceptors (Lipinski definition) is 3. The molecule has 1 aromatic carbocycles. The number of ether oxygens (including phenoxy) is 1. The first-order valence-corrected chi connectivity index (χ1v) is 10.8. The Balaban J connectivity index is 1.74. The van der Waals surface area contributed by atoms with Gasteiger partial charge in [-0.1, -0.05) is 17.7 Å². The number of epoxide rings is 1. The summed E-state index contributed by atoms with van der Waals surface area (Å²) < 4.78 is 6.89. The Bertz CT molecular complexity index is 923. The van der Waals surface area contributed by atoms with Gasteiger partial charge in [0.05, 0.1) is 11.8 Å². The number of benzene rings is 1. The standard InChI is InChI=1S/C22H22BrClN2O/c1-12-22(27-12)19-9-14-8-15(23)11-26-21(14)20(13-4-6-25-7-5-13)17-3-2-16(24)10-18(17)19/h2-3,8-13,20,22,25H,4-7H2,1H3/t12?,20-,22?/m1/s1. The SMILES string of the molecule is CC1OC1C1=Cc2cc(Br)cnc2[C@H](C2CCNCC2)c2ccc(Cl)cc21. The van der Waals surface area contributed by atoms with E-state index in [1.54, 1.807) is 0 Å². The van der Waals surface area contributed by atoms with Crippen LogP contribution in [0, 0.1) is 5.92 Å². The van der Waals surface area contributed by atoms with Crippen LogP contribution in [0.25, 0.3) is 11.6 Å². The minimum atomic E-state index is 0.140. The minimum Gasteiger partial charge on any atom is -0.365 e. The lowest BCUT2D eigenvalue weighted by Crippen LogP contribution is -2.32. The van der Waals surface area contributed by atoms with Crippen molar-refractivity contribution in [1.29, 1.82) is 0 Å². The number of nitrogens with one attached hydrogen (secondary N) is 1. The molecule has 2 saturated heterocycles. The zero-order valence-electron chi connectivity index (χ0n) is 15.2. The molecule has 3 aliphatic rings. The van der Waals surface area contributed by atoms with Crippen LogP contribution in [0.3, 0.4) is 0 Å². The lowest BCUT2D eigenvalue weighted by atomic mass is 9.76. The lowest BCUT2D eigenvalue weighted by molar-refractivity contribution is 0.338. The van der Waals surface area contributed by atoms with E-state index in [0.29, 0.717) is 5.92 Å². The van der Waals surface area contributed by atoms with Crippen LogP contribution in [0.2, 0.25) is 5.02 Å². The fourth-order valence-corrected chi connectivity index (χ4v) is 5.21. The molecule has 3 heterocycles. The molecule has 2 aliphatic heterocycles. The van der Waals surface area contributed by atoms with E-state index < -0.39 is 0 Å². The molecule has 0 amide bonds. The van der Waals surface area contributed by atoms with Crippen LogP contribution < -0.4 is 5.32 Å². The second kappa shape index (κ2) is 7.00. The Morgan fingerprint density at radius 1 is 1.22 bits per heavy atom. The van der Waals surface area contributed by atoms with Crippen LogP contribution in [0.5, 0.6) is 0 Å². The van der Waals surface area contributed by atoms with E-state index in [4.69, 9.17) is 21.3 Å². The van der Waals surface area contributed by atoms with Gasteiger partial charge >= 0.3 is 0 Å². The molecule has 3 nitrogen and oxygen atoms in total. The smallest absolute Gasteiger partial charge is 0.109 e. The summed E-state index contributed by atoms with van der Waals surface area (Å²) in [6.07, 6.45) is 6.92. The highest BCUT2D eigenvalue weighted by molar-refractivity contribution is 9.10. The predicted molar refractivity (Wildman–Crippen MR) is 113 cm³/mol. The fourth-order valence-electron chi connectivity index (χ4n) is 4.69. The number of aromatic nitrogens is 1. The molecule has 140 valence electrons. The van der Waals surface area contributed by atoms with Crippen LogP contribution in [0.4, 0.5) is 0 Å². The largest absolute Gasteiger partial charge is 0.365 e. The van der Waals surface area contributed by atoms with Gasteiger partial charge in [0.2, 0.25) is 0 Å². The third-order valence-electron chi connectivity index (χ3n) is 6.06. The second-order valence-corrected chi connectivity index (χ2v) is 9.14. The highest BCUT2D eigenvalue weighted by atomic mass is 79.9. The Hall–Kier alpha value is -1.20. The summed E-state index contributed by atoms with van der Waals surface area (Å²) in [5.41, 5.74) is 6.18. The highest BCUT2D eigenvalue weighted by Crippen LogP contribution is 2.48. The lowest BCUT2D eigenvalue weighted by Gasteiger charge is -2.32. The van der Waals surface area contributed by atoms with Crippen LogP contribution in [0.15, 0.2) is 34.9 Å². The molecule has 5 rings (SSSR count). The Labute approximate surface area is 173 Å². The number of pyridine rings is 1. The first-order chi connectivity index (χ1) is 13.1. The first kappa shape index (κ1) is 17.9. The van der Waals surface area contributed by atoms with Crippen molar-refractivity contribution in [3.63, 3.8) is 0 Å². The van der Waals surface area contributed by atoms with Gasteiger partial charge in [0.25, 0.3) is 0 Å². The van der Waals surface area contributed by atoms with Crippen LogP contribution in [0.1, 0.15) is 48.1 Å². The van der Waals surface area contributed by atoms with E-state index in [0.717, 1.165) is 35.4 Å². The topological polar surface area (TPSA) is 37.5 Å². The molecular formula is C22H22BrClN2O. The van der Waals surface area contributed by atoms with Gasteiger partial charge in [-0.3, -0.25) is 4.98 Å². The zero-order valence-corrected chi connectivity index (χ0v) is 17.6. The molecule has 0 bridgehead atoms. The summed E-state index contributed by atoms with van der Waals surface area (Å²) in [6, 6.07) is 8.54. The van der Waals surface area contributed by atoms with Crippen LogP contribution in [-0.2, 0) is 4.74 Å². The fraction of sp³-hybridized carbons (Fsp3) is 0.409. The highest BCUT2D eigenvalue weighted by Gasteiger charge is 2.42. The minimum absolute atomic E-state index is 0.140. The van der Waals surface area contributed by atoms with E-state index in [1.165, 1.54) is 28.0 Å².